The molecule has 1 N–H and O–H groups in total. The van der Waals surface area contributed by atoms with Crippen molar-refractivity contribution < 1.29 is 23.8 Å². The van der Waals surface area contributed by atoms with Gasteiger partial charge in [0.05, 0.1) is 27.4 Å². The zero-order chi connectivity index (χ0) is 18.2. The molecule has 2 aromatic rings. The van der Waals surface area contributed by atoms with Gasteiger partial charge in [-0.15, -0.1) is 11.3 Å². The standard InChI is InChI=1S/C18H21NO5S/c1-22-13-8-6-12(7-9-13)19-15(16-5-4-10-25-16)11-14(17(20)23-2)18(21)24-3/h4-10,14-15,19H,11H2,1-3H3/t15-/m0/s1. The quantitative estimate of drug-likeness (QED) is 0.573. The first-order chi connectivity index (χ1) is 12.1. The molecule has 1 heterocycles. The highest BCUT2D eigenvalue weighted by molar-refractivity contribution is 7.10. The summed E-state index contributed by atoms with van der Waals surface area (Å²) in [5.41, 5.74) is 0.854. The van der Waals surface area contributed by atoms with E-state index < -0.39 is 17.9 Å². The fourth-order valence-electron chi connectivity index (χ4n) is 2.43. The van der Waals surface area contributed by atoms with Gasteiger partial charge in [0.2, 0.25) is 0 Å². The van der Waals surface area contributed by atoms with Crippen molar-refractivity contribution in [1.82, 2.24) is 0 Å². The summed E-state index contributed by atoms with van der Waals surface area (Å²) in [5, 5.41) is 5.31. The molecule has 2 rings (SSSR count). The number of nitrogens with one attached hydrogen (secondary N) is 1. The number of ether oxygens (including phenoxy) is 3. The zero-order valence-corrected chi connectivity index (χ0v) is 15.2. The van der Waals surface area contributed by atoms with Gasteiger partial charge in [-0.2, -0.15) is 0 Å². The molecule has 1 aromatic heterocycles. The molecule has 0 bridgehead atoms. The van der Waals surface area contributed by atoms with E-state index in [1.54, 1.807) is 18.4 Å². The summed E-state index contributed by atoms with van der Waals surface area (Å²) in [7, 11) is 4.12. The van der Waals surface area contributed by atoms with Gasteiger partial charge in [-0.1, -0.05) is 6.07 Å². The SMILES string of the molecule is COC(=O)C(C[C@H](Nc1ccc(OC)cc1)c1cccs1)C(=O)OC. The number of esters is 2. The third kappa shape index (κ3) is 4.96. The fraction of sp³-hybridized carbons (Fsp3) is 0.333. The van der Waals surface area contributed by atoms with Gasteiger partial charge in [0.1, 0.15) is 5.75 Å². The highest BCUT2D eigenvalue weighted by atomic mass is 32.1. The van der Waals surface area contributed by atoms with Crippen molar-refractivity contribution in [3.05, 3.63) is 46.7 Å². The molecule has 1 atom stereocenters. The van der Waals surface area contributed by atoms with Gasteiger partial charge in [0.15, 0.2) is 5.92 Å². The monoisotopic (exact) mass is 363 g/mol. The minimum atomic E-state index is -0.993. The highest BCUT2D eigenvalue weighted by Gasteiger charge is 2.32. The molecule has 6 nitrogen and oxygen atoms in total. The zero-order valence-electron chi connectivity index (χ0n) is 14.4. The largest absolute Gasteiger partial charge is 0.497 e. The number of benzene rings is 1. The molecule has 0 unspecified atom stereocenters. The number of methoxy groups -OCH3 is 3. The van der Waals surface area contributed by atoms with Crippen LogP contribution in [0.4, 0.5) is 5.69 Å². The molecule has 0 radical (unpaired) electrons. The number of thiophene rings is 1. The lowest BCUT2D eigenvalue weighted by Crippen LogP contribution is -2.29. The average molecular weight is 363 g/mol. The third-order valence-corrected chi connectivity index (χ3v) is 4.75. The molecular weight excluding hydrogens is 342 g/mol. The van der Waals surface area contributed by atoms with Gasteiger partial charge in [0, 0.05) is 10.6 Å². The Kier molecular flexibility index (Phi) is 6.82. The predicted octanol–water partition coefficient (Wildman–Crippen LogP) is 3.26. The minimum absolute atomic E-state index is 0.228. The van der Waals surface area contributed by atoms with Crippen LogP contribution in [0.15, 0.2) is 41.8 Å². The van der Waals surface area contributed by atoms with Gasteiger partial charge in [-0.25, -0.2) is 0 Å². The van der Waals surface area contributed by atoms with E-state index in [0.29, 0.717) is 0 Å². The lowest BCUT2D eigenvalue weighted by molar-refractivity contribution is -0.159. The summed E-state index contributed by atoms with van der Waals surface area (Å²) >= 11 is 1.55. The summed E-state index contributed by atoms with van der Waals surface area (Å²) in [5.74, 6) is -1.46. The topological polar surface area (TPSA) is 73.9 Å². The Bertz CT molecular complexity index is 668. The van der Waals surface area contributed by atoms with Gasteiger partial charge in [-0.3, -0.25) is 9.59 Å². The molecule has 0 amide bonds. The summed E-state index contributed by atoms with van der Waals surface area (Å²) in [6.45, 7) is 0. The van der Waals surface area contributed by atoms with Gasteiger partial charge < -0.3 is 19.5 Å². The Morgan fingerprint density at radius 3 is 2.16 bits per heavy atom. The van der Waals surface area contributed by atoms with E-state index in [-0.39, 0.29) is 12.5 Å². The normalized spacial score (nSPS) is 11.7. The van der Waals surface area contributed by atoms with Crippen molar-refractivity contribution in [2.75, 3.05) is 26.6 Å². The molecule has 0 saturated heterocycles. The van der Waals surface area contributed by atoms with Crippen LogP contribution >= 0.6 is 11.3 Å². The maximum Gasteiger partial charge on any atom is 0.320 e. The molecule has 0 saturated carbocycles. The molecule has 0 aliphatic carbocycles. The maximum absolute atomic E-state index is 12.0. The highest BCUT2D eigenvalue weighted by Crippen LogP contribution is 2.30. The molecule has 25 heavy (non-hydrogen) atoms. The van der Waals surface area contributed by atoms with Crippen LogP contribution in [0.3, 0.4) is 0 Å². The lowest BCUT2D eigenvalue weighted by Gasteiger charge is -2.22. The van der Waals surface area contributed by atoms with Crippen molar-refractivity contribution in [1.29, 1.82) is 0 Å². The van der Waals surface area contributed by atoms with E-state index in [4.69, 9.17) is 14.2 Å². The summed E-state index contributed by atoms with van der Waals surface area (Å²) in [4.78, 5) is 25.0. The summed E-state index contributed by atoms with van der Waals surface area (Å²) < 4.78 is 14.7. The number of hydrogen-bond acceptors (Lipinski definition) is 7. The van der Waals surface area contributed by atoms with Crippen molar-refractivity contribution in [2.45, 2.75) is 12.5 Å². The van der Waals surface area contributed by atoms with Gasteiger partial charge >= 0.3 is 11.9 Å². The molecular formula is C18H21NO5S. The van der Waals surface area contributed by atoms with Crippen LogP contribution in [0.2, 0.25) is 0 Å². The number of carbonyl (C=O) groups is 2. The van der Waals surface area contributed by atoms with E-state index in [9.17, 15) is 9.59 Å². The second-order valence-electron chi connectivity index (χ2n) is 5.28. The molecule has 0 aliphatic rings. The second-order valence-corrected chi connectivity index (χ2v) is 6.25. The first-order valence-electron chi connectivity index (χ1n) is 7.68. The Hall–Kier alpha value is -2.54. The van der Waals surface area contributed by atoms with E-state index in [2.05, 4.69) is 5.32 Å². The predicted molar refractivity (Wildman–Crippen MR) is 95.8 cm³/mol. The van der Waals surface area contributed by atoms with Crippen molar-refractivity contribution in [3.63, 3.8) is 0 Å². The Morgan fingerprint density at radius 1 is 1.04 bits per heavy atom. The molecule has 1 aromatic carbocycles. The molecule has 7 heteroatoms. The van der Waals surface area contributed by atoms with Crippen molar-refractivity contribution in [3.8, 4) is 5.75 Å². The van der Waals surface area contributed by atoms with Crippen LogP contribution in [0.5, 0.6) is 5.75 Å². The van der Waals surface area contributed by atoms with E-state index in [1.807, 2.05) is 41.8 Å². The second kappa shape index (κ2) is 9.08. The fourth-order valence-corrected chi connectivity index (χ4v) is 3.22. The third-order valence-electron chi connectivity index (χ3n) is 3.76. The van der Waals surface area contributed by atoms with Crippen LogP contribution in [0, 0.1) is 5.92 Å². The maximum atomic E-state index is 12.0. The van der Waals surface area contributed by atoms with Gasteiger partial charge in [0.25, 0.3) is 0 Å². The Labute approximate surface area is 150 Å². The summed E-state index contributed by atoms with van der Waals surface area (Å²) in [6, 6.07) is 11.1. The van der Waals surface area contributed by atoms with Crippen LogP contribution in [-0.2, 0) is 19.1 Å². The number of carbonyl (C=O) groups excluding carboxylic acids is 2. The van der Waals surface area contributed by atoms with Crippen LogP contribution in [0.1, 0.15) is 17.3 Å². The number of rotatable bonds is 8. The van der Waals surface area contributed by atoms with Crippen LogP contribution in [-0.4, -0.2) is 33.3 Å². The van der Waals surface area contributed by atoms with Crippen molar-refractivity contribution in [2.24, 2.45) is 5.92 Å². The first-order valence-corrected chi connectivity index (χ1v) is 8.56. The first kappa shape index (κ1) is 18.8. The van der Waals surface area contributed by atoms with E-state index >= 15 is 0 Å². The Balaban J connectivity index is 2.23. The smallest absolute Gasteiger partial charge is 0.320 e. The Morgan fingerprint density at radius 2 is 1.68 bits per heavy atom. The van der Waals surface area contributed by atoms with Crippen LogP contribution in [0.25, 0.3) is 0 Å². The van der Waals surface area contributed by atoms with E-state index in [0.717, 1.165) is 16.3 Å². The molecule has 134 valence electrons. The number of anilines is 1. The van der Waals surface area contributed by atoms with Crippen LogP contribution < -0.4 is 10.1 Å². The molecule has 0 aliphatic heterocycles. The van der Waals surface area contributed by atoms with Crippen molar-refractivity contribution >= 4 is 29.0 Å². The summed E-state index contributed by atoms with van der Waals surface area (Å²) in [6.07, 6.45) is 0.228. The molecule has 0 fully saturated rings. The minimum Gasteiger partial charge on any atom is -0.497 e. The number of hydrogen-bond donors (Lipinski definition) is 1. The van der Waals surface area contributed by atoms with E-state index in [1.165, 1.54) is 14.2 Å². The lowest BCUT2D eigenvalue weighted by atomic mass is 9.98. The molecule has 0 spiro atoms. The average Bonchev–Trinajstić information content (AvgIpc) is 3.19. The van der Waals surface area contributed by atoms with Gasteiger partial charge in [-0.05, 0) is 42.1 Å².